The second kappa shape index (κ2) is 9.39. The summed E-state index contributed by atoms with van der Waals surface area (Å²) < 4.78 is 11.4. The normalized spacial score (nSPS) is 15.4. The maximum Gasteiger partial charge on any atom is 0.263 e. The lowest BCUT2D eigenvalue weighted by atomic mass is 10.2. The van der Waals surface area contributed by atoms with E-state index in [1.807, 2.05) is 41.3 Å². The molecule has 28 heavy (non-hydrogen) atoms. The zero-order valence-electron chi connectivity index (χ0n) is 16.7. The minimum atomic E-state index is -0.510. The summed E-state index contributed by atoms with van der Waals surface area (Å²) in [6.07, 6.45) is 1.02. The van der Waals surface area contributed by atoms with Gasteiger partial charge in [-0.3, -0.25) is 4.79 Å². The molecule has 150 valence electrons. The van der Waals surface area contributed by atoms with Crippen molar-refractivity contribution in [3.05, 3.63) is 42.7 Å². The molecule has 2 aromatic rings. The van der Waals surface area contributed by atoms with Gasteiger partial charge in [-0.1, -0.05) is 32.0 Å². The predicted molar refractivity (Wildman–Crippen MR) is 108 cm³/mol. The molecule has 1 amide bonds. The van der Waals surface area contributed by atoms with E-state index in [4.69, 9.17) is 9.47 Å². The third-order valence-corrected chi connectivity index (χ3v) is 4.51. The Labute approximate surface area is 166 Å². The van der Waals surface area contributed by atoms with Crippen LogP contribution in [-0.4, -0.2) is 59.7 Å². The predicted octanol–water partition coefficient (Wildman–Crippen LogP) is 2.63. The highest BCUT2D eigenvalue weighted by Gasteiger charge is 2.26. The van der Waals surface area contributed by atoms with E-state index in [0.717, 1.165) is 5.82 Å². The number of carbonyl (C=O) groups is 1. The number of benzene rings is 1. The summed E-state index contributed by atoms with van der Waals surface area (Å²) in [4.78, 5) is 25.2. The number of anilines is 1. The monoisotopic (exact) mass is 384 g/mol. The lowest BCUT2D eigenvalue weighted by molar-refractivity contribution is -0.138. The van der Waals surface area contributed by atoms with Crippen molar-refractivity contribution in [1.82, 2.24) is 14.9 Å². The number of carbonyl (C=O) groups excluding carboxylic acids is 1. The van der Waals surface area contributed by atoms with E-state index in [1.165, 1.54) is 6.33 Å². The largest absolute Gasteiger partial charge is 0.481 e. The standard InChI is InChI=1S/C21H28N4O3/c1-16(2)14-27-20-13-19(22-15-23-20)24-9-11-25(12-10-24)21(26)17(3)28-18-7-5-4-6-8-18/h4-8,13,15-17H,9-12,14H2,1-3H3/t17-/m1/s1. The van der Waals surface area contributed by atoms with Crippen molar-refractivity contribution in [1.29, 1.82) is 0 Å². The second-order valence-corrected chi connectivity index (χ2v) is 7.30. The summed E-state index contributed by atoms with van der Waals surface area (Å²) in [6, 6.07) is 11.3. The van der Waals surface area contributed by atoms with Crippen molar-refractivity contribution >= 4 is 11.7 Å². The average molecular weight is 384 g/mol. The SMILES string of the molecule is CC(C)COc1cc(N2CCN(C(=O)[C@@H](C)Oc3ccccc3)CC2)ncn1. The quantitative estimate of drug-likeness (QED) is 0.731. The highest BCUT2D eigenvalue weighted by atomic mass is 16.5. The molecule has 0 radical (unpaired) electrons. The smallest absolute Gasteiger partial charge is 0.263 e. The molecule has 1 aliphatic heterocycles. The average Bonchev–Trinajstić information content (AvgIpc) is 2.73. The molecule has 3 rings (SSSR count). The summed E-state index contributed by atoms with van der Waals surface area (Å²) in [5.41, 5.74) is 0. The molecule has 0 saturated carbocycles. The fraction of sp³-hybridized carbons (Fsp3) is 0.476. The summed E-state index contributed by atoms with van der Waals surface area (Å²) in [6.45, 7) is 9.31. The Bertz CT molecular complexity index is 761. The number of para-hydroxylation sites is 1. The molecule has 1 aromatic carbocycles. The van der Waals surface area contributed by atoms with E-state index in [2.05, 4.69) is 28.7 Å². The first-order valence-corrected chi connectivity index (χ1v) is 9.73. The van der Waals surface area contributed by atoms with Crippen LogP contribution in [-0.2, 0) is 4.79 Å². The first-order chi connectivity index (χ1) is 13.5. The van der Waals surface area contributed by atoms with Gasteiger partial charge in [-0.05, 0) is 25.0 Å². The van der Waals surface area contributed by atoms with Crippen LogP contribution in [0.25, 0.3) is 0 Å². The van der Waals surface area contributed by atoms with Crippen molar-refractivity contribution in [3.8, 4) is 11.6 Å². The summed E-state index contributed by atoms with van der Waals surface area (Å²) in [5, 5.41) is 0. The number of aromatic nitrogens is 2. The van der Waals surface area contributed by atoms with Crippen LogP contribution in [0.1, 0.15) is 20.8 Å². The first-order valence-electron chi connectivity index (χ1n) is 9.73. The van der Waals surface area contributed by atoms with Gasteiger partial charge in [0, 0.05) is 32.2 Å². The number of ether oxygens (including phenoxy) is 2. The van der Waals surface area contributed by atoms with Crippen LogP contribution < -0.4 is 14.4 Å². The Morgan fingerprint density at radius 1 is 1.07 bits per heavy atom. The molecule has 1 aliphatic rings. The van der Waals surface area contributed by atoms with Crippen LogP contribution in [0.3, 0.4) is 0 Å². The van der Waals surface area contributed by atoms with Gasteiger partial charge in [0.2, 0.25) is 5.88 Å². The molecular formula is C21H28N4O3. The number of rotatable bonds is 7. The molecule has 0 aliphatic carbocycles. The number of piperazine rings is 1. The number of hydrogen-bond acceptors (Lipinski definition) is 6. The number of hydrogen-bond donors (Lipinski definition) is 0. The van der Waals surface area contributed by atoms with E-state index in [1.54, 1.807) is 6.92 Å². The molecule has 0 N–H and O–H groups in total. The Morgan fingerprint density at radius 3 is 2.46 bits per heavy atom. The van der Waals surface area contributed by atoms with E-state index < -0.39 is 6.10 Å². The first kappa shape index (κ1) is 19.9. The van der Waals surface area contributed by atoms with Crippen LogP contribution >= 0.6 is 0 Å². The third kappa shape index (κ3) is 5.34. The number of nitrogens with zero attached hydrogens (tertiary/aromatic N) is 4. The van der Waals surface area contributed by atoms with E-state index in [9.17, 15) is 4.79 Å². The number of amides is 1. The maximum atomic E-state index is 12.7. The van der Waals surface area contributed by atoms with E-state index in [-0.39, 0.29) is 5.91 Å². The Kier molecular flexibility index (Phi) is 6.68. The molecule has 1 atom stereocenters. The summed E-state index contributed by atoms with van der Waals surface area (Å²) in [5.74, 6) is 2.56. The van der Waals surface area contributed by atoms with Gasteiger partial charge in [0.1, 0.15) is 17.9 Å². The van der Waals surface area contributed by atoms with Crippen LogP contribution in [0.15, 0.2) is 42.7 Å². The molecule has 7 heteroatoms. The molecule has 1 fully saturated rings. The molecule has 2 heterocycles. The zero-order valence-corrected chi connectivity index (χ0v) is 16.7. The van der Waals surface area contributed by atoms with Gasteiger partial charge in [0.05, 0.1) is 6.61 Å². The minimum Gasteiger partial charge on any atom is -0.481 e. The van der Waals surface area contributed by atoms with Crippen molar-refractivity contribution in [2.75, 3.05) is 37.7 Å². The van der Waals surface area contributed by atoms with Crippen molar-refractivity contribution in [2.24, 2.45) is 5.92 Å². The van der Waals surface area contributed by atoms with Gasteiger partial charge in [-0.15, -0.1) is 0 Å². The fourth-order valence-electron chi connectivity index (χ4n) is 3.00. The lowest BCUT2D eigenvalue weighted by Gasteiger charge is -2.36. The minimum absolute atomic E-state index is 0.00662. The van der Waals surface area contributed by atoms with Crippen LogP contribution in [0, 0.1) is 5.92 Å². The van der Waals surface area contributed by atoms with E-state index in [0.29, 0.717) is 50.3 Å². The molecule has 0 spiro atoms. The molecule has 7 nitrogen and oxygen atoms in total. The van der Waals surface area contributed by atoms with Gasteiger partial charge in [-0.2, -0.15) is 0 Å². The van der Waals surface area contributed by atoms with Crippen LogP contribution in [0.5, 0.6) is 11.6 Å². The van der Waals surface area contributed by atoms with Crippen molar-refractivity contribution in [3.63, 3.8) is 0 Å². The Hall–Kier alpha value is -2.83. The summed E-state index contributed by atoms with van der Waals surface area (Å²) >= 11 is 0. The summed E-state index contributed by atoms with van der Waals surface area (Å²) in [7, 11) is 0. The Morgan fingerprint density at radius 2 is 1.79 bits per heavy atom. The molecule has 1 saturated heterocycles. The second-order valence-electron chi connectivity index (χ2n) is 7.30. The highest BCUT2D eigenvalue weighted by molar-refractivity contribution is 5.81. The van der Waals surface area contributed by atoms with Gasteiger partial charge >= 0.3 is 0 Å². The molecule has 0 bridgehead atoms. The van der Waals surface area contributed by atoms with Gasteiger partial charge in [-0.25, -0.2) is 9.97 Å². The molecule has 1 aromatic heterocycles. The van der Waals surface area contributed by atoms with Crippen LogP contribution in [0.2, 0.25) is 0 Å². The zero-order chi connectivity index (χ0) is 19.9. The van der Waals surface area contributed by atoms with Crippen LogP contribution in [0.4, 0.5) is 5.82 Å². The highest BCUT2D eigenvalue weighted by Crippen LogP contribution is 2.19. The molecule has 0 unspecified atom stereocenters. The third-order valence-electron chi connectivity index (χ3n) is 4.51. The molecular weight excluding hydrogens is 356 g/mol. The van der Waals surface area contributed by atoms with Gasteiger partial charge < -0.3 is 19.3 Å². The van der Waals surface area contributed by atoms with Gasteiger partial charge in [0.15, 0.2) is 6.10 Å². The fourth-order valence-corrected chi connectivity index (χ4v) is 3.00. The van der Waals surface area contributed by atoms with Crippen molar-refractivity contribution in [2.45, 2.75) is 26.9 Å². The Balaban J connectivity index is 1.52. The maximum absolute atomic E-state index is 12.7. The topological polar surface area (TPSA) is 67.8 Å². The van der Waals surface area contributed by atoms with Gasteiger partial charge in [0.25, 0.3) is 5.91 Å². The van der Waals surface area contributed by atoms with E-state index >= 15 is 0 Å². The lowest BCUT2D eigenvalue weighted by Crippen LogP contribution is -2.52. The van der Waals surface area contributed by atoms with Crippen molar-refractivity contribution < 1.29 is 14.3 Å².